The third-order valence-electron chi connectivity index (χ3n) is 3.67. The standard InChI is InChI=1S/C18H17N5OS/c19-18(25)21-20-12-13-6-8-15(9-7-13)23-17(24)11-10-16(22-23)14-4-2-1-3-5-14/h1-9,12H,10-11H2,(H3,19,21,25). The molecule has 0 bridgehead atoms. The molecule has 3 rings (SSSR count). The highest BCUT2D eigenvalue weighted by atomic mass is 32.1. The molecule has 0 saturated heterocycles. The van der Waals surface area contributed by atoms with E-state index in [4.69, 9.17) is 5.73 Å². The number of thiocarbonyl (C=S) groups is 1. The fourth-order valence-electron chi connectivity index (χ4n) is 2.46. The molecule has 2 aromatic carbocycles. The van der Waals surface area contributed by atoms with E-state index in [2.05, 4.69) is 27.8 Å². The van der Waals surface area contributed by atoms with Crippen LogP contribution >= 0.6 is 12.2 Å². The Morgan fingerprint density at radius 3 is 2.56 bits per heavy atom. The van der Waals surface area contributed by atoms with Crippen molar-refractivity contribution in [2.45, 2.75) is 12.8 Å². The van der Waals surface area contributed by atoms with Crippen molar-refractivity contribution >= 4 is 40.9 Å². The molecule has 0 aromatic heterocycles. The molecule has 2 aromatic rings. The van der Waals surface area contributed by atoms with E-state index in [0.29, 0.717) is 12.8 Å². The Morgan fingerprint density at radius 1 is 1.16 bits per heavy atom. The molecule has 1 aliphatic heterocycles. The lowest BCUT2D eigenvalue weighted by Crippen LogP contribution is -2.31. The molecule has 1 aliphatic rings. The molecule has 126 valence electrons. The van der Waals surface area contributed by atoms with Gasteiger partial charge in [0.05, 0.1) is 17.6 Å². The van der Waals surface area contributed by atoms with Crippen LogP contribution in [0.2, 0.25) is 0 Å². The first kappa shape index (κ1) is 16.8. The lowest BCUT2D eigenvalue weighted by Gasteiger charge is -2.23. The summed E-state index contributed by atoms with van der Waals surface area (Å²) in [7, 11) is 0. The van der Waals surface area contributed by atoms with Crippen LogP contribution in [-0.4, -0.2) is 22.9 Å². The first-order valence-electron chi connectivity index (χ1n) is 7.78. The number of carbonyl (C=O) groups is 1. The van der Waals surface area contributed by atoms with Crippen LogP contribution < -0.4 is 16.2 Å². The maximum Gasteiger partial charge on any atom is 0.247 e. The first-order chi connectivity index (χ1) is 12.1. The van der Waals surface area contributed by atoms with Gasteiger partial charge in [-0.3, -0.25) is 10.2 Å². The number of hydrogen-bond acceptors (Lipinski definition) is 4. The summed E-state index contributed by atoms with van der Waals surface area (Å²) in [4.78, 5) is 12.3. The van der Waals surface area contributed by atoms with Crippen molar-refractivity contribution in [3.63, 3.8) is 0 Å². The van der Waals surface area contributed by atoms with Gasteiger partial charge in [0.15, 0.2) is 5.11 Å². The zero-order valence-corrected chi connectivity index (χ0v) is 14.2. The van der Waals surface area contributed by atoms with Gasteiger partial charge < -0.3 is 5.73 Å². The number of nitrogens with zero attached hydrogens (tertiary/aromatic N) is 3. The van der Waals surface area contributed by atoms with Crippen LogP contribution in [0.3, 0.4) is 0 Å². The minimum Gasteiger partial charge on any atom is -0.375 e. The van der Waals surface area contributed by atoms with Crippen molar-refractivity contribution in [2.75, 3.05) is 5.01 Å². The zero-order valence-electron chi connectivity index (χ0n) is 13.4. The van der Waals surface area contributed by atoms with Gasteiger partial charge in [-0.1, -0.05) is 42.5 Å². The molecule has 0 radical (unpaired) electrons. The van der Waals surface area contributed by atoms with E-state index in [1.807, 2.05) is 54.6 Å². The van der Waals surface area contributed by atoms with Crippen LogP contribution in [0.1, 0.15) is 24.0 Å². The predicted molar refractivity (Wildman–Crippen MR) is 104 cm³/mol. The second kappa shape index (κ2) is 7.67. The van der Waals surface area contributed by atoms with Gasteiger partial charge in [0, 0.05) is 12.8 Å². The van der Waals surface area contributed by atoms with Crippen LogP contribution in [0.25, 0.3) is 0 Å². The highest BCUT2D eigenvalue weighted by Crippen LogP contribution is 2.22. The summed E-state index contributed by atoms with van der Waals surface area (Å²) in [5, 5.41) is 10.0. The van der Waals surface area contributed by atoms with Gasteiger partial charge in [-0.05, 0) is 35.5 Å². The number of benzene rings is 2. The van der Waals surface area contributed by atoms with Crippen LogP contribution in [0, 0.1) is 0 Å². The van der Waals surface area contributed by atoms with Gasteiger partial charge in [-0.15, -0.1) is 0 Å². The smallest absolute Gasteiger partial charge is 0.247 e. The van der Waals surface area contributed by atoms with Crippen molar-refractivity contribution in [1.82, 2.24) is 5.43 Å². The topological polar surface area (TPSA) is 83.1 Å². The van der Waals surface area contributed by atoms with Crippen molar-refractivity contribution in [3.05, 3.63) is 65.7 Å². The summed E-state index contributed by atoms with van der Waals surface area (Å²) in [6.45, 7) is 0. The van der Waals surface area contributed by atoms with Gasteiger partial charge in [0.1, 0.15) is 0 Å². The normalized spacial score (nSPS) is 14.5. The molecule has 3 N–H and O–H groups in total. The van der Waals surface area contributed by atoms with E-state index >= 15 is 0 Å². The molecular formula is C18H17N5OS. The second-order valence-electron chi connectivity index (χ2n) is 5.44. The van der Waals surface area contributed by atoms with E-state index in [1.54, 1.807) is 6.21 Å². The van der Waals surface area contributed by atoms with Crippen molar-refractivity contribution in [1.29, 1.82) is 0 Å². The summed E-state index contributed by atoms with van der Waals surface area (Å²) in [5.74, 6) is -0.0174. The quantitative estimate of drug-likeness (QED) is 0.503. The van der Waals surface area contributed by atoms with E-state index < -0.39 is 0 Å². The summed E-state index contributed by atoms with van der Waals surface area (Å²) in [6, 6.07) is 17.3. The summed E-state index contributed by atoms with van der Waals surface area (Å²) >= 11 is 4.68. The lowest BCUT2D eigenvalue weighted by molar-refractivity contribution is -0.118. The molecule has 0 atom stereocenters. The first-order valence-corrected chi connectivity index (χ1v) is 8.19. The number of hydrazone groups is 2. The van der Waals surface area contributed by atoms with Gasteiger partial charge in [0.25, 0.3) is 0 Å². The van der Waals surface area contributed by atoms with E-state index in [9.17, 15) is 4.79 Å². The molecule has 25 heavy (non-hydrogen) atoms. The number of rotatable bonds is 4. The summed E-state index contributed by atoms with van der Waals surface area (Å²) in [6.07, 6.45) is 2.68. The van der Waals surface area contributed by atoms with Gasteiger partial charge >= 0.3 is 0 Å². The number of anilines is 1. The van der Waals surface area contributed by atoms with E-state index in [-0.39, 0.29) is 11.0 Å². The van der Waals surface area contributed by atoms with Crippen LogP contribution in [0.5, 0.6) is 0 Å². The Labute approximate surface area is 151 Å². The minimum absolute atomic E-state index is 0.0174. The molecule has 1 amide bonds. The summed E-state index contributed by atoms with van der Waals surface area (Å²) in [5.41, 5.74) is 11.3. The van der Waals surface area contributed by atoms with Crippen LogP contribution in [0.15, 0.2) is 64.8 Å². The Bertz CT molecular complexity index is 830. The van der Waals surface area contributed by atoms with Crippen LogP contribution in [0.4, 0.5) is 5.69 Å². The SMILES string of the molecule is NC(=S)NN=Cc1ccc(N2N=C(c3ccccc3)CCC2=O)cc1. The number of nitrogens with two attached hydrogens (primary N) is 1. The molecule has 0 spiro atoms. The molecule has 6 nitrogen and oxygen atoms in total. The van der Waals surface area contributed by atoms with Crippen molar-refractivity contribution in [3.8, 4) is 0 Å². The fraction of sp³-hybridized carbons (Fsp3) is 0.111. The molecule has 1 heterocycles. The van der Waals surface area contributed by atoms with E-state index in [0.717, 1.165) is 22.5 Å². The Kier molecular flexibility index (Phi) is 5.15. The minimum atomic E-state index is -0.0174. The number of nitrogens with one attached hydrogen (secondary N) is 1. The molecule has 0 unspecified atom stereocenters. The van der Waals surface area contributed by atoms with E-state index in [1.165, 1.54) is 5.01 Å². The zero-order chi connectivity index (χ0) is 17.6. The highest BCUT2D eigenvalue weighted by molar-refractivity contribution is 7.80. The molecule has 0 saturated carbocycles. The average Bonchev–Trinajstić information content (AvgIpc) is 2.63. The molecule has 0 aliphatic carbocycles. The lowest BCUT2D eigenvalue weighted by atomic mass is 10.0. The van der Waals surface area contributed by atoms with Crippen molar-refractivity contribution in [2.24, 2.45) is 15.9 Å². The number of carbonyl (C=O) groups excluding carboxylic acids is 1. The largest absolute Gasteiger partial charge is 0.375 e. The Hall–Kier alpha value is -3.06. The van der Waals surface area contributed by atoms with Crippen LogP contribution in [-0.2, 0) is 4.79 Å². The highest BCUT2D eigenvalue weighted by Gasteiger charge is 2.22. The third kappa shape index (κ3) is 4.27. The Balaban J connectivity index is 1.81. The van der Waals surface area contributed by atoms with Gasteiger partial charge in [-0.25, -0.2) is 5.01 Å². The molecule has 0 fully saturated rings. The Morgan fingerprint density at radius 2 is 1.88 bits per heavy atom. The molecule has 7 heteroatoms. The van der Waals surface area contributed by atoms with Gasteiger partial charge in [0.2, 0.25) is 5.91 Å². The monoisotopic (exact) mass is 351 g/mol. The van der Waals surface area contributed by atoms with Gasteiger partial charge in [-0.2, -0.15) is 10.2 Å². The summed E-state index contributed by atoms with van der Waals surface area (Å²) < 4.78 is 0. The number of amides is 1. The molecular weight excluding hydrogens is 334 g/mol. The fourth-order valence-corrected chi connectivity index (χ4v) is 2.52. The maximum atomic E-state index is 12.3. The second-order valence-corrected chi connectivity index (χ2v) is 5.88. The number of hydrogen-bond donors (Lipinski definition) is 2. The average molecular weight is 351 g/mol. The van der Waals surface area contributed by atoms with Crippen molar-refractivity contribution < 1.29 is 4.79 Å². The maximum absolute atomic E-state index is 12.3. The third-order valence-corrected chi connectivity index (χ3v) is 3.76. The predicted octanol–water partition coefficient (Wildman–Crippen LogP) is 2.38.